The molecule has 1 N–H and O–H groups in total. The van der Waals surface area contributed by atoms with Crippen LogP contribution in [0.25, 0.3) is 0 Å². The lowest BCUT2D eigenvalue weighted by Gasteiger charge is -2.61. The van der Waals surface area contributed by atoms with Gasteiger partial charge in [-0.25, -0.2) is 0 Å². The normalized spacial score (nSPS) is 38.5. The molecule has 0 spiro atoms. The maximum atomic E-state index is 9.85. The van der Waals surface area contributed by atoms with Crippen molar-refractivity contribution in [1.82, 2.24) is 0 Å². The highest BCUT2D eigenvalue weighted by Gasteiger charge is 2.78. The molecule has 3 aliphatic heterocycles. The van der Waals surface area contributed by atoms with Crippen LogP contribution < -0.4 is 0 Å². The van der Waals surface area contributed by atoms with Gasteiger partial charge in [0.1, 0.15) is 0 Å². The van der Waals surface area contributed by atoms with Crippen molar-refractivity contribution in [3.63, 3.8) is 0 Å². The minimum atomic E-state index is -1.66. The topological polar surface area (TPSA) is 114 Å². The second-order valence-corrected chi connectivity index (χ2v) is 6.14. The van der Waals surface area contributed by atoms with E-state index in [-0.39, 0.29) is 5.90 Å². The molecule has 22 heavy (non-hydrogen) atoms. The van der Waals surface area contributed by atoms with E-state index in [1.165, 1.54) is 0 Å². The standard InChI is InChI=1S/C16H20N4O2/c1-4-6-11-14(3)21-12(7-5-2)16(10-19,13(20)22-14)15(11,8-17)9-18/h11-12,20H,4-7H2,1-3H3/t11-,12-,14+,16-/m1/s1. The van der Waals surface area contributed by atoms with Crippen LogP contribution in [0.2, 0.25) is 0 Å². The van der Waals surface area contributed by atoms with Gasteiger partial charge in [-0.2, -0.15) is 15.8 Å². The van der Waals surface area contributed by atoms with Gasteiger partial charge >= 0.3 is 0 Å². The molecule has 0 aromatic carbocycles. The van der Waals surface area contributed by atoms with Crippen molar-refractivity contribution in [1.29, 1.82) is 21.2 Å². The van der Waals surface area contributed by atoms with Gasteiger partial charge in [0, 0.05) is 6.92 Å². The van der Waals surface area contributed by atoms with E-state index in [4.69, 9.17) is 14.9 Å². The van der Waals surface area contributed by atoms with Crippen LogP contribution in [-0.4, -0.2) is 17.8 Å². The summed E-state index contributed by atoms with van der Waals surface area (Å²) in [6, 6.07) is 6.24. The van der Waals surface area contributed by atoms with E-state index in [1.807, 2.05) is 13.8 Å². The predicted molar refractivity (Wildman–Crippen MR) is 77.1 cm³/mol. The van der Waals surface area contributed by atoms with E-state index in [9.17, 15) is 15.8 Å². The molecule has 3 aliphatic rings. The molecule has 0 aromatic rings. The Morgan fingerprint density at radius 2 is 1.68 bits per heavy atom. The van der Waals surface area contributed by atoms with Crippen molar-refractivity contribution in [3.05, 3.63) is 0 Å². The van der Waals surface area contributed by atoms with E-state index >= 15 is 0 Å². The van der Waals surface area contributed by atoms with Gasteiger partial charge in [-0.1, -0.05) is 26.7 Å². The van der Waals surface area contributed by atoms with Crippen LogP contribution in [0.4, 0.5) is 0 Å². The van der Waals surface area contributed by atoms with Crippen LogP contribution in [0.15, 0.2) is 0 Å². The molecule has 6 heteroatoms. The fraction of sp³-hybridized carbons (Fsp3) is 0.750. The van der Waals surface area contributed by atoms with Crippen molar-refractivity contribution >= 4 is 5.90 Å². The van der Waals surface area contributed by atoms with Crippen molar-refractivity contribution in [2.24, 2.45) is 16.7 Å². The summed E-state index contributed by atoms with van der Waals surface area (Å²) in [5.74, 6) is -2.09. The van der Waals surface area contributed by atoms with Crippen LogP contribution in [0.5, 0.6) is 0 Å². The third kappa shape index (κ3) is 1.64. The summed E-state index contributed by atoms with van der Waals surface area (Å²) >= 11 is 0. The van der Waals surface area contributed by atoms with Crippen molar-refractivity contribution in [2.75, 3.05) is 0 Å². The monoisotopic (exact) mass is 300 g/mol. The number of hydrogen-bond donors (Lipinski definition) is 1. The summed E-state index contributed by atoms with van der Waals surface area (Å²) in [6.45, 7) is 5.56. The molecule has 0 aliphatic carbocycles. The van der Waals surface area contributed by atoms with Crippen molar-refractivity contribution < 1.29 is 9.47 Å². The summed E-state index contributed by atoms with van der Waals surface area (Å²) in [6.07, 6.45) is 1.79. The summed E-state index contributed by atoms with van der Waals surface area (Å²) in [5, 5.41) is 37.8. The lowest BCUT2D eigenvalue weighted by Crippen LogP contribution is -2.74. The zero-order chi connectivity index (χ0) is 16.6. The van der Waals surface area contributed by atoms with E-state index in [2.05, 4.69) is 18.2 Å². The Morgan fingerprint density at radius 3 is 2.14 bits per heavy atom. The Morgan fingerprint density at radius 1 is 1.09 bits per heavy atom. The zero-order valence-electron chi connectivity index (χ0n) is 13.1. The molecule has 116 valence electrons. The number of fused-ring (bicyclic) bond motifs is 3. The van der Waals surface area contributed by atoms with Gasteiger partial charge in [-0.3, -0.25) is 5.41 Å². The highest BCUT2D eigenvalue weighted by Crippen LogP contribution is 2.63. The lowest BCUT2D eigenvalue weighted by molar-refractivity contribution is -0.340. The quantitative estimate of drug-likeness (QED) is 0.857. The largest absolute Gasteiger partial charge is 0.448 e. The van der Waals surface area contributed by atoms with E-state index in [1.54, 1.807) is 6.92 Å². The molecule has 0 aromatic heterocycles. The molecule has 6 nitrogen and oxygen atoms in total. The number of nitriles is 3. The Balaban J connectivity index is 2.75. The number of rotatable bonds is 4. The van der Waals surface area contributed by atoms with Crippen LogP contribution in [0.3, 0.4) is 0 Å². The highest BCUT2D eigenvalue weighted by molar-refractivity contribution is 5.88. The molecular formula is C16H20N4O2. The molecule has 0 unspecified atom stereocenters. The van der Waals surface area contributed by atoms with E-state index < -0.39 is 28.6 Å². The molecular weight excluding hydrogens is 280 g/mol. The van der Waals surface area contributed by atoms with Gasteiger partial charge in [-0.15, -0.1) is 0 Å². The maximum Gasteiger partial charge on any atom is 0.215 e. The van der Waals surface area contributed by atoms with Crippen LogP contribution in [-0.2, 0) is 9.47 Å². The predicted octanol–water partition coefficient (Wildman–Crippen LogP) is 2.87. The van der Waals surface area contributed by atoms with Gasteiger partial charge in [0.05, 0.1) is 30.2 Å². The van der Waals surface area contributed by atoms with Crippen molar-refractivity contribution in [2.45, 2.75) is 58.3 Å². The number of ether oxygens (including phenoxy) is 2. The average molecular weight is 300 g/mol. The van der Waals surface area contributed by atoms with Gasteiger partial charge in [0.25, 0.3) is 0 Å². The Bertz CT molecular complexity index is 597. The zero-order valence-corrected chi connectivity index (χ0v) is 13.1. The number of nitrogens with zero attached hydrogens (tertiary/aromatic N) is 3. The molecule has 3 fully saturated rings. The Labute approximate surface area is 130 Å². The summed E-state index contributed by atoms with van der Waals surface area (Å²) < 4.78 is 11.6. The molecule has 3 saturated heterocycles. The first-order valence-electron chi connectivity index (χ1n) is 7.62. The van der Waals surface area contributed by atoms with Gasteiger partial charge in [0.2, 0.25) is 11.7 Å². The number of hydrogen-bond acceptors (Lipinski definition) is 6. The minimum absolute atomic E-state index is 0.308. The van der Waals surface area contributed by atoms with Crippen LogP contribution >= 0.6 is 0 Å². The molecule has 0 amide bonds. The molecule has 2 bridgehead atoms. The number of nitrogens with one attached hydrogen (secondary N) is 1. The van der Waals surface area contributed by atoms with E-state index in [0.717, 1.165) is 12.8 Å². The Hall–Kier alpha value is -2.10. The lowest BCUT2D eigenvalue weighted by atomic mass is 9.50. The fourth-order valence-electron chi connectivity index (χ4n) is 3.95. The van der Waals surface area contributed by atoms with Gasteiger partial charge < -0.3 is 9.47 Å². The molecule has 0 saturated carbocycles. The summed E-state index contributed by atoms with van der Waals surface area (Å²) in [5.41, 5.74) is -3.29. The average Bonchev–Trinajstić information content (AvgIpc) is 2.49. The second-order valence-electron chi connectivity index (χ2n) is 6.14. The van der Waals surface area contributed by atoms with Crippen molar-refractivity contribution in [3.8, 4) is 18.2 Å². The first kappa shape index (κ1) is 16.3. The highest BCUT2D eigenvalue weighted by atomic mass is 16.7. The Kier molecular flexibility index (Phi) is 3.90. The van der Waals surface area contributed by atoms with Crippen LogP contribution in [0.1, 0.15) is 46.5 Å². The summed E-state index contributed by atoms with van der Waals surface area (Å²) in [7, 11) is 0. The van der Waals surface area contributed by atoms with Crippen LogP contribution in [0, 0.1) is 56.2 Å². The van der Waals surface area contributed by atoms with Gasteiger partial charge in [0.15, 0.2) is 10.8 Å². The van der Waals surface area contributed by atoms with Gasteiger partial charge in [-0.05, 0) is 12.8 Å². The summed E-state index contributed by atoms with van der Waals surface area (Å²) in [4.78, 5) is 0. The smallest absolute Gasteiger partial charge is 0.215 e. The molecule has 0 radical (unpaired) electrons. The fourth-order valence-corrected chi connectivity index (χ4v) is 3.95. The third-order valence-electron chi connectivity index (χ3n) is 4.96. The maximum absolute atomic E-state index is 9.85. The van der Waals surface area contributed by atoms with E-state index in [0.29, 0.717) is 12.8 Å². The molecule has 4 atom stereocenters. The first-order valence-corrected chi connectivity index (χ1v) is 7.62. The molecule has 3 heterocycles. The minimum Gasteiger partial charge on any atom is -0.448 e. The SMILES string of the molecule is CCC[C@H]1C(C#N)(C#N)[C@@]2(C#N)C(=N)O[C@]1(C)O[C@@H]2CCC. The first-order chi connectivity index (χ1) is 10.4. The third-order valence-corrected chi connectivity index (χ3v) is 4.96. The molecule has 3 rings (SSSR count). The second kappa shape index (κ2) is 5.27.